The Hall–Kier alpha value is -2.83. The van der Waals surface area contributed by atoms with Crippen LogP contribution in [0.5, 0.6) is 17.2 Å². The number of carbonyl (C=O) groups is 1. The summed E-state index contributed by atoms with van der Waals surface area (Å²) in [6.45, 7) is 1.22. The molecule has 200 valence electrons. The summed E-state index contributed by atoms with van der Waals surface area (Å²) in [6, 6.07) is 6.48. The summed E-state index contributed by atoms with van der Waals surface area (Å²) in [7, 11) is 2.93. The molecular weight excluding hydrogens is 502 g/mol. The fourth-order valence-electron chi connectivity index (χ4n) is 4.81. The maximum Gasteiger partial charge on any atom is 0.229 e. The third kappa shape index (κ3) is 5.27. The first-order valence-electron chi connectivity index (χ1n) is 11.8. The number of hydrogen-bond donors (Lipinski definition) is 4. The number of aryl methyl sites for hydroxylation is 1. The summed E-state index contributed by atoms with van der Waals surface area (Å²) < 4.78 is 22.8. The van der Waals surface area contributed by atoms with E-state index in [9.17, 15) is 24.9 Å². The van der Waals surface area contributed by atoms with Gasteiger partial charge in [0.25, 0.3) is 0 Å². The lowest BCUT2D eigenvalue weighted by atomic mass is 9.95. The second-order valence-electron chi connectivity index (χ2n) is 8.91. The van der Waals surface area contributed by atoms with E-state index in [4.69, 9.17) is 18.9 Å². The topological polar surface area (TPSA) is 144 Å². The average molecular weight is 534 g/mol. The van der Waals surface area contributed by atoms with E-state index >= 15 is 0 Å². The number of carbonyl (C=O) groups excluding carboxylic acids is 1. The lowest BCUT2D eigenvalue weighted by molar-refractivity contribution is -0.242. The van der Waals surface area contributed by atoms with Gasteiger partial charge in [-0.2, -0.15) is 0 Å². The summed E-state index contributed by atoms with van der Waals surface area (Å²) in [5.74, 6) is 0.555. The Labute approximate surface area is 218 Å². The number of aliphatic hydroxyl groups is 3. The molecule has 2 aromatic carbocycles. The predicted molar refractivity (Wildman–Crippen MR) is 136 cm³/mol. The molecule has 1 saturated heterocycles. The van der Waals surface area contributed by atoms with Gasteiger partial charge in [-0.25, -0.2) is 0 Å². The monoisotopic (exact) mass is 533 g/mol. The molecule has 1 fully saturated rings. The largest absolute Gasteiger partial charge is 0.492 e. The number of amides is 1. The first-order valence-corrected chi connectivity index (χ1v) is 13.0. The highest BCUT2D eigenvalue weighted by molar-refractivity contribution is 7.98. The van der Waals surface area contributed by atoms with Crippen molar-refractivity contribution in [3.8, 4) is 28.4 Å². The van der Waals surface area contributed by atoms with Gasteiger partial charge in [0.2, 0.25) is 17.9 Å². The molecule has 11 heteroatoms. The molecule has 2 aromatic rings. The van der Waals surface area contributed by atoms with Crippen LogP contribution in [-0.2, 0) is 16.0 Å². The lowest BCUT2D eigenvalue weighted by Gasteiger charge is -2.35. The molecule has 1 heterocycles. The number of nitrogens with one attached hydrogen (secondary N) is 1. The van der Waals surface area contributed by atoms with Crippen LogP contribution < -0.4 is 25.0 Å². The van der Waals surface area contributed by atoms with E-state index in [-0.39, 0.29) is 29.4 Å². The van der Waals surface area contributed by atoms with Gasteiger partial charge in [-0.3, -0.25) is 9.59 Å². The number of hydrogen-bond acceptors (Lipinski definition) is 10. The van der Waals surface area contributed by atoms with Crippen molar-refractivity contribution in [1.29, 1.82) is 0 Å². The first-order chi connectivity index (χ1) is 17.7. The van der Waals surface area contributed by atoms with Gasteiger partial charge in [-0.1, -0.05) is 6.07 Å². The van der Waals surface area contributed by atoms with Gasteiger partial charge < -0.3 is 39.6 Å². The van der Waals surface area contributed by atoms with Crippen molar-refractivity contribution in [2.75, 3.05) is 27.1 Å². The number of ether oxygens (including phenoxy) is 4. The van der Waals surface area contributed by atoms with Gasteiger partial charge in [-0.05, 0) is 54.0 Å². The van der Waals surface area contributed by atoms with Crippen molar-refractivity contribution < 1.29 is 39.1 Å². The Morgan fingerprint density at radius 3 is 2.49 bits per heavy atom. The van der Waals surface area contributed by atoms with Crippen molar-refractivity contribution in [3.05, 3.63) is 45.6 Å². The van der Waals surface area contributed by atoms with Crippen LogP contribution in [0.25, 0.3) is 11.1 Å². The molecule has 0 aromatic heterocycles. The second-order valence-corrected chi connectivity index (χ2v) is 9.76. The smallest absolute Gasteiger partial charge is 0.229 e. The summed E-state index contributed by atoms with van der Waals surface area (Å²) in [4.78, 5) is 25.5. The Kier molecular flexibility index (Phi) is 8.29. The molecule has 0 radical (unpaired) electrons. The van der Waals surface area contributed by atoms with Crippen molar-refractivity contribution in [1.82, 2.24) is 5.32 Å². The zero-order valence-electron chi connectivity index (χ0n) is 21.0. The van der Waals surface area contributed by atoms with Crippen LogP contribution in [0.4, 0.5) is 0 Å². The Morgan fingerprint density at radius 1 is 1.11 bits per heavy atom. The number of methoxy groups -OCH3 is 2. The summed E-state index contributed by atoms with van der Waals surface area (Å²) in [5.41, 5.74) is 2.71. The second kappa shape index (κ2) is 11.3. The molecule has 10 nitrogen and oxygen atoms in total. The van der Waals surface area contributed by atoms with Gasteiger partial charge in [0, 0.05) is 12.5 Å². The van der Waals surface area contributed by atoms with Gasteiger partial charge in [0.05, 0.1) is 31.8 Å². The van der Waals surface area contributed by atoms with Crippen LogP contribution in [0, 0.1) is 0 Å². The Balaban J connectivity index is 1.90. The minimum absolute atomic E-state index is 0.150. The minimum atomic E-state index is -1.50. The zero-order valence-corrected chi connectivity index (χ0v) is 21.8. The van der Waals surface area contributed by atoms with Gasteiger partial charge >= 0.3 is 0 Å². The van der Waals surface area contributed by atoms with E-state index in [0.717, 1.165) is 5.56 Å². The summed E-state index contributed by atoms with van der Waals surface area (Å²) in [6.07, 6.45) is -2.61. The molecule has 2 aliphatic rings. The number of rotatable bonds is 6. The third-order valence-corrected chi connectivity index (χ3v) is 7.35. The highest BCUT2D eigenvalue weighted by Gasteiger charge is 2.40. The molecular formula is C26H31NO9S. The number of thioether (sulfide) groups is 1. The molecule has 5 atom stereocenters. The lowest BCUT2D eigenvalue weighted by Crippen LogP contribution is -2.54. The maximum absolute atomic E-state index is 12.9. The molecule has 1 aliphatic heterocycles. The molecule has 4 rings (SSSR count). The van der Waals surface area contributed by atoms with Crippen molar-refractivity contribution in [3.63, 3.8) is 0 Å². The van der Waals surface area contributed by atoms with E-state index < -0.39 is 30.6 Å². The number of fused-ring (bicyclic) bond motifs is 3. The van der Waals surface area contributed by atoms with E-state index in [1.807, 2.05) is 12.3 Å². The van der Waals surface area contributed by atoms with Crippen LogP contribution in [0.1, 0.15) is 30.5 Å². The summed E-state index contributed by atoms with van der Waals surface area (Å²) in [5, 5.41) is 33.2. The average Bonchev–Trinajstić information content (AvgIpc) is 3.11. The molecule has 0 spiro atoms. The molecule has 1 aliphatic carbocycles. The first kappa shape index (κ1) is 27.2. The fourth-order valence-corrected chi connectivity index (χ4v) is 5.27. The van der Waals surface area contributed by atoms with Crippen molar-refractivity contribution in [2.45, 2.75) is 55.3 Å². The molecule has 5 unspecified atom stereocenters. The highest BCUT2D eigenvalue weighted by Crippen LogP contribution is 2.50. The van der Waals surface area contributed by atoms with E-state index in [1.54, 1.807) is 18.2 Å². The van der Waals surface area contributed by atoms with Gasteiger partial charge in [0.15, 0.2) is 16.9 Å². The van der Waals surface area contributed by atoms with Crippen LogP contribution >= 0.6 is 11.8 Å². The third-order valence-electron chi connectivity index (χ3n) is 6.58. The van der Waals surface area contributed by atoms with Crippen LogP contribution in [-0.4, -0.2) is 72.9 Å². The van der Waals surface area contributed by atoms with Crippen LogP contribution in [0.2, 0.25) is 0 Å². The Morgan fingerprint density at radius 2 is 1.84 bits per heavy atom. The minimum Gasteiger partial charge on any atom is -0.492 e. The predicted octanol–water partition coefficient (Wildman–Crippen LogP) is 1.39. The van der Waals surface area contributed by atoms with Gasteiger partial charge in [-0.15, -0.1) is 11.8 Å². The van der Waals surface area contributed by atoms with Crippen molar-refractivity contribution in [2.24, 2.45) is 0 Å². The molecule has 0 saturated carbocycles. The van der Waals surface area contributed by atoms with Crippen LogP contribution in [0.3, 0.4) is 0 Å². The molecule has 0 bridgehead atoms. The highest BCUT2D eigenvalue weighted by atomic mass is 32.2. The molecule has 1 amide bonds. The molecule has 4 N–H and O–H groups in total. The number of benzene rings is 1. The zero-order chi connectivity index (χ0) is 26.9. The van der Waals surface area contributed by atoms with E-state index in [2.05, 4.69) is 5.32 Å². The fraction of sp³-hybridized carbons (Fsp3) is 0.462. The number of aliphatic hydroxyl groups excluding tert-OH is 3. The molecule has 37 heavy (non-hydrogen) atoms. The standard InChI is InChI=1S/C26H31NO9S/c1-12(28)27-16-7-5-13-9-19(36-26-23(32)22(31)18(30)11-35-26)24(33-2)25(34-3)21(13)14-6-8-20(37-4)17(29)10-15(14)16/h6,8-10,16,18,22-23,26,30-32H,5,7,11H2,1-4H3,(H,27,28). The quantitative estimate of drug-likeness (QED) is 0.402. The Bertz CT molecular complexity index is 1240. The SMILES string of the molecule is COc1c(OC2OCC(O)C(O)C2O)cc2c(c1OC)-c1ccc(SC)c(=O)cc1C(NC(C)=O)CC2. The summed E-state index contributed by atoms with van der Waals surface area (Å²) >= 11 is 1.34. The van der Waals surface area contributed by atoms with E-state index in [0.29, 0.717) is 40.2 Å². The van der Waals surface area contributed by atoms with E-state index in [1.165, 1.54) is 32.9 Å². The maximum atomic E-state index is 12.9. The normalized spacial score (nSPS) is 24.8. The van der Waals surface area contributed by atoms with Crippen molar-refractivity contribution >= 4 is 17.7 Å². The van der Waals surface area contributed by atoms with Crippen LogP contribution in [0.15, 0.2) is 34.0 Å². The van der Waals surface area contributed by atoms with Gasteiger partial charge in [0.1, 0.15) is 18.3 Å².